The summed E-state index contributed by atoms with van der Waals surface area (Å²) in [6.45, 7) is 2.26. The molecule has 0 spiro atoms. The molecule has 138 valence electrons. The van der Waals surface area contributed by atoms with Gasteiger partial charge in [0, 0.05) is 25.2 Å². The Morgan fingerprint density at radius 1 is 1.16 bits per heavy atom. The van der Waals surface area contributed by atoms with Crippen LogP contribution in [-0.4, -0.2) is 28.3 Å². The molecule has 1 aromatic rings. The van der Waals surface area contributed by atoms with Gasteiger partial charge < -0.3 is 16.0 Å². The summed E-state index contributed by atoms with van der Waals surface area (Å²) in [4.78, 5) is 26.1. The average molecular weight is 366 g/mol. The van der Waals surface area contributed by atoms with E-state index in [0.717, 1.165) is 56.2 Å². The van der Waals surface area contributed by atoms with Crippen LogP contribution in [0.25, 0.3) is 0 Å². The van der Waals surface area contributed by atoms with E-state index in [0.29, 0.717) is 12.6 Å². The standard InChI is InChI=1S/C19H27N3O2.ClH/c1-14(23)22(17-9-10-17)13-15-5-7-16(8-6-15)21-18(24)19(20)11-3-2-4-12-19;/h5-8,17H,2-4,9-13,20H2,1H3,(H,21,24);1H. The van der Waals surface area contributed by atoms with Gasteiger partial charge in [-0.15, -0.1) is 12.4 Å². The van der Waals surface area contributed by atoms with Crippen molar-refractivity contribution >= 4 is 29.9 Å². The lowest BCUT2D eigenvalue weighted by atomic mass is 9.82. The molecule has 2 amide bonds. The van der Waals surface area contributed by atoms with Gasteiger partial charge in [-0.1, -0.05) is 31.4 Å². The van der Waals surface area contributed by atoms with E-state index in [4.69, 9.17) is 5.73 Å². The van der Waals surface area contributed by atoms with Crippen LogP contribution in [0.1, 0.15) is 57.4 Å². The first-order valence-electron chi connectivity index (χ1n) is 8.94. The van der Waals surface area contributed by atoms with Crippen LogP contribution >= 0.6 is 12.4 Å². The minimum Gasteiger partial charge on any atom is -0.336 e. The second-order valence-corrected chi connectivity index (χ2v) is 7.25. The predicted molar refractivity (Wildman–Crippen MR) is 102 cm³/mol. The first kappa shape index (κ1) is 19.7. The first-order chi connectivity index (χ1) is 11.5. The molecule has 0 aliphatic heterocycles. The highest BCUT2D eigenvalue weighted by Gasteiger charge is 2.35. The van der Waals surface area contributed by atoms with Crippen molar-refractivity contribution in [1.29, 1.82) is 0 Å². The summed E-state index contributed by atoms with van der Waals surface area (Å²) in [6, 6.07) is 8.14. The highest BCUT2D eigenvalue weighted by Crippen LogP contribution is 2.29. The lowest BCUT2D eigenvalue weighted by Gasteiger charge is -2.31. The zero-order chi connectivity index (χ0) is 17.2. The van der Waals surface area contributed by atoms with Crippen molar-refractivity contribution < 1.29 is 9.59 Å². The molecule has 2 aliphatic carbocycles. The Kier molecular flexibility index (Phi) is 6.47. The molecule has 2 fully saturated rings. The summed E-state index contributed by atoms with van der Waals surface area (Å²) in [7, 11) is 0. The van der Waals surface area contributed by atoms with Crippen molar-refractivity contribution in [2.75, 3.05) is 5.32 Å². The molecule has 0 saturated heterocycles. The molecule has 1 aromatic carbocycles. The molecule has 0 unspecified atom stereocenters. The molecule has 2 saturated carbocycles. The van der Waals surface area contributed by atoms with Gasteiger partial charge in [0.25, 0.3) is 0 Å². The van der Waals surface area contributed by atoms with Crippen LogP contribution < -0.4 is 11.1 Å². The smallest absolute Gasteiger partial charge is 0.244 e. The number of hydrogen-bond donors (Lipinski definition) is 2. The number of halogens is 1. The van der Waals surface area contributed by atoms with Crippen LogP contribution in [0, 0.1) is 0 Å². The third-order valence-corrected chi connectivity index (χ3v) is 5.15. The van der Waals surface area contributed by atoms with Crippen molar-refractivity contribution in [1.82, 2.24) is 4.90 Å². The van der Waals surface area contributed by atoms with E-state index in [9.17, 15) is 9.59 Å². The fourth-order valence-corrected chi connectivity index (χ4v) is 3.44. The molecule has 3 N–H and O–H groups in total. The quantitative estimate of drug-likeness (QED) is 0.841. The van der Waals surface area contributed by atoms with E-state index in [1.165, 1.54) is 0 Å². The van der Waals surface area contributed by atoms with Crippen molar-refractivity contribution in [3.63, 3.8) is 0 Å². The Hall–Kier alpha value is -1.59. The molecule has 25 heavy (non-hydrogen) atoms. The fourth-order valence-electron chi connectivity index (χ4n) is 3.44. The van der Waals surface area contributed by atoms with Crippen LogP contribution in [0.3, 0.4) is 0 Å². The number of hydrogen-bond acceptors (Lipinski definition) is 3. The summed E-state index contributed by atoms with van der Waals surface area (Å²) < 4.78 is 0. The highest BCUT2D eigenvalue weighted by atomic mass is 35.5. The van der Waals surface area contributed by atoms with E-state index in [1.54, 1.807) is 6.92 Å². The predicted octanol–water partition coefficient (Wildman–Crippen LogP) is 3.22. The van der Waals surface area contributed by atoms with Crippen molar-refractivity contribution in [3.8, 4) is 0 Å². The Morgan fingerprint density at radius 2 is 1.76 bits per heavy atom. The molecule has 0 aromatic heterocycles. The Morgan fingerprint density at radius 3 is 2.28 bits per heavy atom. The van der Waals surface area contributed by atoms with E-state index in [2.05, 4.69) is 5.32 Å². The van der Waals surface area contributed by atoms with Gasteiger partial charge in [-0.2, -0.15) is 0 Å². The molecule has 5 nitrogen and oxygen atoms in total. The number of rotatable bonds is 5. The summed E-state index contributed by atoms with van der Waals surface area (Å²) in [5, 5.41) is 2.95. The lowest BCUT2D eigenvalue weighted by Crippen LogP contribution is -2.52. The third-order valence-electron chi connectivity index (χ3n) is 5.15. The van der Waals surface area contributed by atoms with Gasteiger partial charge in [0.1, 0.15) is 0 Å². The first-order valence-corrected chi connectivity index (χ1v) is 8.94. The number of nitrogens with one attached hydrogen (secondary N) is 1. The van der Waals surface area contributed by atoms with Gasteiger partial charge >= 0.3 is 0 Å². The molecule has 6 heteroatoms. The van der Waals surface area contributed by atoms with Gasteiger partial charge in [0.15, 0.2) is 0 Å². The van der Waals surface area contributed by atoms with Gasteiger partial charge in [0.05, 0.1) is 5.54 Å². The van der Waals surface area contributed by atoms with E-state index < -0.39 is 5.54 Å². The topological polar surface area (TPSA) is 75.4 Å². The maximum Gasteiger partial charge on any atom is 0.244 e. The van der Waals surface area contributed by atoms with E-state index in [1.807, 2.05) is 29.2 Å². The maximum atomic E-state index is 12.4. The van der Waals surface area contributed by atoms with Crippen LogP contribution in [0.4, 0.5) is 5.69 Å². The zero-order valence-corrected chi connectivity index (χ0v) is 15.6. The molecule has 0 radical (unpaired) electrons. The van der Waals surface area contributed by atoms with Crippen molar-refractivity contribution in [2.24, 2.45) is 5.73 Å². The van der Waals surface area contributed by atoms with Crippen molar-refractivity contribution in [2.45, 2.75) is 70.0 Å². The summed E-state index contributed by atoms with van der Waals surface area (Å²) in [5.74, 6) is 0.0375. The van der Waals surface area contributed by atoms with Crippen LogP contribution in [-0.2, 0) is 16.1 Å². The summed E-state index contributed by atoms with van der Waals surface area (Å²) in [6.07, 6.45) is 6.92. The Labute approximate surface area is 155 Å². The summed E-state index contributed by atoms with van der Waals surface area (Å²) in [5.41, 5.74) is 7.38. The largest absolute Gasteiger partial charge is 0.336 e. The Bertz CT molecular complexity index is 608. The van der Waals surface area contributed by atoms with Crippen LogP contribution in [0.15, 0.2) is 24.3 Å². The molecular weight excluding hydrogens is 338 g/mol. The SMILES string of the molecule is CC(=O)N(Cc1ccc(NC(=O)C2(N)CCCCC2)cc1)C1CC1.Cl. The lowest BCUT2D eigenvalue weighted by molar-refractivity contribution is -0.130. The molecule has 0 heterocycles. The monoisotopic (exact) mass is 365 g/mol. The van der Waals surface area contributed by atoms with Crippen molar-refractivity contribution in [3.05, 3.63) is 29.8 Å². The average Bonchev–Trinajstić information content (AvgIpc) is 3.39. The number of carbonyl (C=O) groups excluding carboxylic acids is 2. The number of nitrogens with zero attached hydrogens (tertiary/aromatic N) is 1. The number of carbonyl (C=O) groups is 2. The second kappa shape index (κ2) is 8.19. The van der Waals surface area contributed by atoms with Crippen LogP contribution in [0.2, 0.25) is 0 Å². The Balaban J connectivity index is 0.00000225. The van der Waals surface area contributed by atoms with E-state index >= 15 is 0 Å². The maximum absolute atomic E-state index is 12.4. The fraction of sp³-hybridized carbons (Fsp3) is 0.579. The highest BCUT2D eigenvalue weighted by molar-refractivity contribution is 5.98. The third kappa shape index (κ3) is 4.95. The van der Waals surface area contributed by atoms with Gasteiger partial charge in [-0.25, -0.2) is 0 Å². The molecule has 2 aliphatic rings. The van der Waals surface area contributed by atoms with Crippen LogP contribution in [0.5, 0.6) is 0 Å². The number of nitrogens with two attached hydrogens (primary N) is 1. The van der Waals surface area contributed by atoms with Gasteiger partial charge in [-0.3, -0.25) is 9.59 Å². The second-order valence-electron chi connectivity index (χ2n) is 7.25. The number of anilines is 1. The van der Waals surface area contributed by atoms with Gasteiger partial charge in [-0.05, 0) is 43.4 Å². The minimum atomic E-state index is -0.728. The summed E-state index contributed by atoms with van der Waals surface area (Å²) >= 11 is 0. The molecular formula is C19H28ClN3O2. The van der Waals surface area contributed by atoms with Gasteiger partial charge in [0.2, 0.25) is 11.8 Å². The number of amides is 2. The molecule has 0 bridgehead atoms. The number of benzene rings is 1. The molecule has 3 rings (SSSR count). The zero-order valence-electron chi connectivity index (χ0n) is 14.8. The normalized spacial score (nSPS) is 18.8. The minimum absolute atomic E-state index is 0. The van der Waals surface area contributed by atoms with E-state index in [-0.39, 0.29) is 24.2 Å². The molecule has 0 atom stereocenters.